The van der Waals surface area contributed by atoms with E-state index >= 15 is 0 Å². The van der Waals surface area contributed by atoms with Crippen molar-refractivity contribution in [2.75, 3.05) is 19.8 Å². The van der Waals surface area contributed by atoms with Gasteiger partial charge in [-0.05, 0) is 51.5 Å². The Kier molecular flexibility index (Phi) is 11.8. The van der Waals surface area contributed by atoms with Crippen molar-refractivity contribution in [3.63, 3.8) is 0 Å². The zero-order valence-electron chi connectivity index (χ0n) is 28.2. The average Bonchev–Trinajstić information content (AvgIpc) is 3.62. The number of amides is 3. The van der Waals surface area contributed by atoms with Gasteiger partial charge >= 0.3 is 5.97 Å². The molecule has 3 saturated heterocycles. The number of allylic oxidation sites excluding steroid dienone is 1. The molecular weight excluding hydrogens is 666 g/mol. The standard InChI is InChI=1S/C36H50BrN3O7/c1-8-10-16-27(42)46-21-26(23-14-12-11-13-15-23)38-32(43)28-29-33(44)40(24(20-41)18-22(3)4)31(36(29)19-25(37)30(28)47-36)34(45)39(17-9-2)35(5,6)7/h8-9,11-15,22,24-26,28-31,41H,1-2,10,16-21H2,3-7H3,(H,38,43)/t24-,25?,26+,28+,29-,30+,31+,36-/m1/s1. The highest BCUT2D eigenvalue weighted by molar-refractivity contribution is 9.09. The zero-order chi connectivity index (χ0) is 34.7. The van der Waals surface area contributed by atoms with Gasteiger partial charge in [-0.1, -0.05) is 72.3 Å². The number of likely N-dealkylation sites (tertiary alicyclic amines) is 1. The summed E-state index contributed by atoms with van der Waals surface area (Å²) in [6.45, 7) is 17.1. The predicted octanol–water partition coefficient (Wildman–Crippen LogP) is 4.32. The second-order valence-electron chi connectivity index (χ2n) is 14.3. The Bertz CT molecular complexity index is 1330. The minimum absolute atomic E-state index is 0.0955. The van der Waals surface area contributed by atoms with Gasteiger partial charge in [0.15, 0.2) is 0 Å². The number of ether oxygens (including phenoxy) is 2. The third-order valence-electron chi connectivity index (χ3n) is 9.48. The summed E-state index contributed by atoms with van der Waals surface area (Å²) >= 11 is 3.74. The van der Waals surface area contributed by atoms with Crippen LogP contribution in [0.1, 0.15) is 71.9 Å². The van der Waals surface area contributed by atoms with Crippen LogP contribution in [-0.2, 0) is 28.7 Å². The monoisotopic (exact) mass is 715 g/mol. The minimum Gasteiger partial charge on any atom is -0.463 e. The van der Waals surface area contributed by atoms with Gasteiger partial charge in [0.05, 0.1) is 36.6 Å². The molecule has 3 amide bonds. The Morgan fingerprint density at radius 2 is 1.89 bits per heavy atom. The molecule has 0 saturated carbocycles. The fourth-order valence-electron chi connectivity index (χ4n) is 7.47. The maximum Gasteiger partial charge on any atom is 0.306 e. The van der Waals surface area contributed by atoms with E-state index in [2.05, 4.69) is 34.4 Å². The summed E-state index contributed by atoms with van der Waals surface area (Å²) < 4.78 is 12.3. The van der Waals surface area contributed by atoms with Crippen molar-refractivity contribution < 1.29 is 33.8 Å². The molecule has 0 aliphatic carbocycles. The quantitative estimate of drug-likeness (QED) is 0.157. The Balaban J connectivity index is 1.73. The SMILES string of the molecule is C=CCCC(=O)OC[C@H](NC(=O)[C@@H]1[C@H]2O[C@@]3(CC2Br)[C@H](C(=O)N(CC=C)C(C)(C)C)N([C@@H](CO)CC(C)C)C(=O)[C@@H]13)c1ccccc1. The number of esters is 1. The van der Waals surface area contributed by atoms with Crippen LogP contribution in [0.5, 0.6) is 0 Å². The van der Waals surface area contributed by atoms with E-state index in [1.54, 1.807) is 17.1 Å². The van der Waals surface area contributed by atoms with Gasteiger partial charge in [0.25, 0.3) is 0 Å². The van der Waals surface area contributed by atoms with Crippen molar-refractivity contribution in [1.82, 2.24) is 15.1 Å². The number of nitrogens with zero attached hydrogens (tertiary/aromatic N) is 2. The first-order valence-electron chi connectivity index (χ1n) is 16.5. The van der Waals surface area contributed by atoms with Gasteiger partial charge in [0.2, 0.25) is 17.7 Å². The number of carbonyl (C=O) groups excluding carboxylic acids is 4. The number of benzene rings is 1. The lowest BCUT2D eigenvalue weighted by Crippen LogP contribution is -2.62. The number of aliphatic hydroxyl groups is 1. The van der Waals surface area contributed by atoms with Crippen LogP contribution in [-0.4, -0.2) is 92.5 Å². The summed E-state index contributed by atoms with van der Waals surface area (Å²) in [6.07, 6.45) is 4.08. The molecule has 1 aromatic carbocycles. The molecule has 8 atom stereocenters. The normalized spacial score (nSPS) is 27.7. The number of fused-ring (bicyclic) bond motifs is 1. The number of rotatable bonds is 15. The summed E-state index contributed by atoms with van der Waals surface area (Å²) in [5, 5.41) is 13.7. The zero-order valence-corrected chi connectivity index (χ0v) is 29.8. The fraction of sp³-hybridized carbons (Fsp3) is 0.611. The molecule has 4 rings (SSSR count). The molecular formula is C36H50BrN3O7. The number of nitrogens with one attached hydrogen (secondary N) is 1. The van der Waals surface area contributed by atoms with Crippen molar-refractivity contribution in [3.8, 4) is 0 Å². The van der Waals surface area contributed by atoms with Gasteiger partial charge in [0, 0.05) is 23.3 Å². The minimum atomic E-state index is -1.29. The van der Waals surface area contributed by atoms with Gasteiger partial charge in [-0.15, -0.1) is 13.2 Å². The molecule has 1 spiro atoms. The number of alkyl halides is 1. The third kappa shape index (κ3) is 7.37. The largest absolute Gasteiger partial charge is 0.463 e. The number of carbonyl (C=O) groups is 4. The molecule has 258 valence electrons. The molecule has 0 radical (unpaired) electrons. The van der Waals surface area contributed by atoms with Crippen molar-refractivity contribution in [1.29, 1.82) is 0 Å². The Morgan fingerprint density at radius 1 is 1.21 bits per heavy atom. The summed E-state index contributed by atoms with van der Waals surface area (Å²) in [7, 11) is 0. The van der Waals surface area contributed by atoms with E-state index in [0.717, 1.165) is 5.56 Å². The highest BCUT2D eigenvalue weighted by Crippen LogP contribution is 2.61. The van der Waals surface area contributed by atoms with E-state index in [0.29, 0.717) is 19.3 Å². The van der Waals surface area contributed by atoms with Crippen LogP contribution in [0.4, 0.5) is 0 Å². The molecule has 1 unspecified atom stereocenters. The third-order valence-corrected chi connectivity index (χ3v) is 10.3. The van der Waals surface area contributed by atoms with Gasteiger partial charge in [-0.2, -0.15) is 0 Å². The molecule has 3 heterocycles. The molecule has 11 heteroatoms. The summed E-state index contributed by atoms with van der Waals surface area (Å²) in [5.74, 6) is -3.25. The summed E-state index contributed by atoms with van der Waals surface area (Å²) in [4.78, 5) is 59.0. The molecule has 47 heavy (non-hydrogen) atoms. The van der Waals surface area contributed by atoms with E-state index in [1.165, 1.54) is 4.90 Å². The maximum atomic E-state index is 14.7. The Morgan fingerprint density at radius 3 is 2.47 bits per heavy atom. The van der Waals surface area contributed by atoms with E-state index in [4.69, 9.17) is 9.47 Å². The topological polar surface area (TPSA) is 125 Å². The molecule has 1 aromatic rings. The molecule has 0 aromatic heterocycles. The lowest BCUT2D eigenvalue weighted by atomic mass is 9.70. The fourth-order valence-corrected chi connectivity index (χ4v) is 8.42. The van der Waals surface area contributed by atoms with Gasteiger partial charge in [-0.3, -0.25) is 19.2 Å². The van der Waals surface area contributed by atoms with Crippen LogP contribution in [0.2, 0.25) is 0 Å². The molecule has 10 nitrogen and oxygen atoms in total. The number of hydrogen-bond acceptors (Lipinski definition) is 7. The smallest absolute Gasteiger partial charge is 0.306 e. The first kappa shape index (κ1) is 36.8. The Hall–Kier alpha value is -3.02. The van der Waals surface area contributed by atoms with Crippen LogP contribution < -0.4 is 5.32 Å². The van der Waals surface area contributed by atoms with Crippen molar-refractivity contribution >= 4 is 39.6 Å². The van der Waals surface area contributed by atoms with Crippen LogP contribution >= 0.6 is 15.9 Å². The number of hydrogen-bond donors (Lipinski definition) is 2. The van der Waals surface area contributed by atoms with Crippen molar-refractivity contribution in [2.45, 2.75) is 100 Å². The van der Waals surface area contributed by atoms with Crippen LogP contribution in [0.15, 0.2) is 55.6 Å². The number of halogens is 1. The van der Waals surface area contributed by atoms with Gasteiger partial charge in [0.1, 0.15) is 18.2 Å². The van der Waals surface area contributed by atoms with E-state index in [-0.39, 0.29) is 48.7 Å². The highest BCUT2D eigenvalue weighted by Gasteiger charge is 2.77. The molecule has 3 fully saturated rings. The lowest BCUT2D eigenvalue weighted by Gasteiger charge is -2.43. The first-order valence-corrected chi connectivity index (χ1v) is 17.4. The summed E-state index contributed by atoms with van der Waals surface area (Å²) in [6, 6.07) is 6.82. The molecule has 2 N–H and O–H groups in total. The second-order valence-corrected chi connectivity index (χ2v) is 15.4. The molecule has 2 bridgehead atoms. The lowest BCUT2D eigenvalue weighted by molar-refractivity contribution is -0.154. The first-order chi connectivity index (χ1) is 22.2. The van der Waals surface area contributed by atoms with E-state index in [1.807, 2.05) is 65.0 Å². The van der Waals surface area contributed by atoms with Gasteiger partial charge < -0.3 is 29.7 Å². The van der Waals surface area contributed by atoms with E-state index < -0.39 is 59.1 Å². The van der Waals surface area contributed by atoms with Crippen molar-refractivity contribution in [3.05, 3.63) is 61.2 Å². The highest BCUT2D eigenvalue weighted by atomic mass is 79.9. The van der Waals surface area contributed by atoms with E-state index in [9.17, 15) is 24.3 Å². The van der Waals surface area contributed by atoms with Gasteiger partial charge in [-0.25, -0.2) is 0 Å². The average molecular weight is 717 g/mol. The molecule has 3 aliphatic rings. The van der Waals surface area contributed by atoms with Crippen LogP contribution in [0, 0.1) is 17.8 Å². The Labute approximate surface area is 287 Å². The van der Waals surface area contributed by atoms with Crippen molar-refractivity contribution in [2.24, 2.45) is 17.8 Å². The van der Waals surface area contributed by atoms with Crippen LogP contribution in [0.25, 0.3) is 0 Å². The maximum absolute atomic E-state index is 14.7. The molecule has 3 aliphatic heterocycles. The number of aliphatic hydroxyl groups excluding tert-OH is 1. The van der Waals surface area contributed by atoms with Crippen LogP contribution in [0.3, 0.4) is 0 Å². The predicted molar refractivity (Wildman–Crippen MR) is 182 cm³/mol. The second kappa shape index (κ2) is 15.0. The summed E-state index contributed by atoms with van der Waals surface area (Å²) in [5.41, 5.74) is -1.15.